The lowest BCUT2D eigenvalue weighted by molar-refractivity contribution is -0.0597. The fourth-order valence-electron chi connectivity index (χ4n) is 5.08. The van der Waals surface area contributed by atoms with Crippen molar-refractivity contribution in [3.05, 3.63) is 29.3 Å². The molecule has 2 saturated heterocycles. The topological polar surface area (TPSA) is 311 Å². The maximum absolute atomic E-state index is 13.0. The summed E-state index contributed by atoms with van der Waals surface area (Å²) in [6, 6.07) is 0. The third kappa shape index (κ3) is 6.20. The Morgan fingerprint density at radius 2 is 1.82 bits per heavy atom. The number of aromatic nitrogens is 8. The minimum atomic E-state index is -4.78. The Kier molecular flexibility index (Phi) is 9.33. The first-order valence-corrected chi connectivity index (χ1v) is 15.1. The minimum Gasteiger partial charge on any atom is -0.394 e. The van der Waals surface area contributed by atoms with Gasteiger partial charge in [0.1, 0.15) is 30.3 Å². The lowest BCUT2D eigenvalue weighted by Crippen LogP contribution is -2.29. The molecule has 238 valence electrons. The molecule has 4 aromatic rings. The second-order valence-electron chi connectivity index (χ2n) is 9.83. The lowest BCUT2D eigenvalue weighted by Gasteiger charge is -2.23. The molecule has 9 N–H and O–H groups in total. The molecule has 0 radical (unpaired) electrons. The lowest BCUT2D eigenvalue weighted by atomic mass is 10.0. The number of rotatable bonds is 8. The number of nitrogens with zero attached hydrogens (tertiary/aromatic N) is 7. The van der Waals surface area contributed by atoms with Crippen LogP contribution in [0.25, 0.3) is 22.3 Å². The van der Waals surface area contributed by atoms with E-state index in [0.717, 1.165) is 0 Å². The Bertz CT molecular complexity index is 1750. The van der Waals surface area contributed by atoms with Crippen molar-refractivity contribution < 1.29 is 47.7 Å². The van der Waals surface area contributed by atoms with Crippen LogP contribution in [0.4, 0.5) is 11.8 Å². The number of phosphoric acid groups is 1. The van der Waals surface area contributed by atoms with Crippen molar-refractivity contribution in [1.82, 2.24) is 39.0 Å². The molecule has 21 nitrogen and oxygen atoms in total. The van der Waals surface area contributed by atoms with Crippen molar-refractivity contribution in [2.75, 3.05) is 24.7 Å². The second kappa shape index (κ2) is 12.9. The Balaban J connectivity index is 0.00000123. The number of fused-ring (bicyclic) bond motifs is 2. The number of nitrogens with one attached hydrogen (secondary N) is 1. The smallest absolute Gasteiger partial charge is 0.394 e. The number of H-pyrrole nitrogens is 1. The first-order chi connectivity index (χ1) is 21.0. The Hall–Kier alpha value is -3.49. The first-order valence-electron chi connectivity index (χ1n) is 12.9. The number of imidazole rings is 2. The monoisotopic (exact) mass is 658 g/mol. The third-order valence-corrected chi connectivity index (χ3v) is 8.10. The van der Waals surface area contributed by atoms with Gasteiger partial charge in [-0.2, -0.15) is 4.98 Å². The van der Waals surface area contributed by atoms with Gasteiger partial charge in [-0.3, -0.25) is 28.0 Å². The average Bonchev–Trinajstić information content (AvgIpc) is 3.74. The molecule has 0 bridgehead atoms. The quantitative estimate of drug-likeness (QED) is 0.111. The van der Waals surface area contributed by atoms with Gasteiger partial charge < -0.3 is 40.9 Å². The summed E-state index contributed by atoms with van der Waals surface area (Å²) < 4.78 is 46.8. The van der Waals surface area contributed by atoms with E-state index in [-0.39, 0.29) is 29.4 Å². The number of ether oxygens (including phenoxy) is 2. The van der Waals surface area contributed by atoms with Crippen LogP contribution in [0.2, 0.25) is 0 Å². The number of nitrogen functional groups attached to an aromatic ring is 2. The number of nitrogens with two attached hydrogens (primary N) is 2. The fraction of sp³-hybridized carbons (Fsp3) is 0.524. The normalized spacial score (nSPS) is 28.3. The number of anilines is 2. The molecule has 0 spiro atoms. The van der Waals surface area contributed by atoms with Gasteiger partial charge in [0.2, 0.25) is 5.95 Å². The standard InChI is InChI=1S/C21H27N10O9P.HO2P/c1-8-14(33)11(39-19(8)30-6-26-12-15(22)24-5-25-16(12)30)4-37-41(35,36)40-10-2-9(3-32)38-20(10)31-7-27-13-17(31)28-21(23)29-18(13)34;1-3-2/h5-11,14,19-20,32-33H,2-4H2,1H3,(H,35,36)(H2,22,24,25)(H3,23,28,29,34);(H,1,2)/t8-,9+,10-,11-,14+,19-,20-;/m1./s1. The van der Waals surface area contributed by atoms with Gasteiger partial charge >= 0.3 is 16.5 Å². The maximum atomic E-state index is 13.0. The van der Waals surface area contributed by atoms with Crippen molar-refractivity contribution in [2.24, 2.45) is 5.92 Å². The van der Waals surface area contributed by atoms with Gasteiger partial charge in [0.25, 0.3) is 5.56 Å². The van der Waals surface area contributed by atoms with Gasteiger partial charge in [-0.05, 0) is 0 Å². The number of phosphoric ester groups is 1. The van der Waals surface area contributed by atoms with Crippen molar-refractivity contribution in [2.45, 2.75) is 50.2 Å². The summed E-state index contributed by atoms with van der Waals surface area (Å²) in [6.45, 7) is 0.830. The van der Waals surface area contributed by atoms with Crippen LogP contribution in [0.3, 0.4) is 0 Å². The van der Waals surface area contributed by atoms with Crippen molar-refractivity contribution in [1.29, 1.82) is 0 Å². The van der Waals surface area contributed by atoms with Gasteiger partial charge in [0, 0.05) is 12.3 Å². The molecule has 0 aromatic carbocycles. The molecule has 23 heteroatoms. The van der Waals surface area contributed by atoms with Crippen LogP contribution in [0.15, 0.2) is 23.8 Å². The zero-order valence-electron chi connectivity index (χ0n) is 22.7. The highest BCUT2D eigenvalue weighted by molar-refractivity contribution is 7.47. The van der Waals surface area contributed by atoms with Crippen LogP contribution in [0.5, 0.6) is 0 Å². The van der Waals surface area contributed by atoms with E-state index in [1.54, 1.807) is 11.5 Å². The van der Waals surface area contributed by atoms with E-state index in [9.17, 15) is 24.5 Å². The van der Waals surface area contributed by atoms with Crippen LogP contribution >= 0.6 is 16.5 Å². The molecule has 2 aliphatic heterocycles. The highest BCUT2D eigenvalue weighted by Crippen LogP contribution is 2.50. The molecule has 0 amide bonds. The number of hydrogen-bond donors (Lipinski definition) is 7. The van der Waals surface area contributed by atoms with Crippen molar-refractivity contribution in [3.8, 4) is 0 Å². The van der Waals surface area contributed by atoms with E-state index in [4.69, 9.17) is 39.4 Å². The maximum Gasteiger partial charge on any atom is 0.472 e. The summed E-state index contributed by atoms with van der Waals surface area (Å²) >= 11 is 0. The molecule has 8 atom stereocenters. The molecule has 1 unspecified atom stereocenters. The largest absolute Gasteiger partial charge is 0.472 e. The number of aliphatic hydroxyl groups excluding tert-OH is 2. The van der Waals surface area contributed by atoms with E-state index in [2.05, 4.69) is 29.9 Å². The predicted molar refractivity (Wildman–Crippen MR) is 147 cm³/mol. The SMILES string of the molecule is C[C@@H]1[C@H](O)[C@@H](COP(=O)(O)O[C@@H]2C[C@@H](CO)O[C@H]2n2cnc3c(=O)[nH]c(N)nc32)O[C@H]1n1cnc2c(N)ncnc21.O=PO. The summed E-state index contributed by atoms with van der Waals surface area (Å²) in [5, 5.41) is 20.5. The van der Waals surface area contributed by atoms with Gasteiger partial charge in [0.05, 0.1) is 38.1 Å². The average molecular weight is 658 g/mol. The van der Waals surface area contributed by atoms with Gasteiger partial charge in [-0.25, -0.2) is 29.1 Å². The summed E-state index contributed by atoms with van der Waals surface area (Å²) in [4.78, 5) is 52.5. The van der Waals surface area contributed by atoms with E-state index < -0.39 is 78.1 Å². The number of aromatic amines is 1. The Morgan fingerprint density at radius 1 is 1.14 bits per heavy atom. The Morgan fingerprint density at radius 3 is 2.52 bits per heavy atom. The van der Waals surface area contributed by atoms with Crippen LogP contribution < -0.4 is 17.0 Å². The third-order valence-electron chi connectivity index (χ3n) is 7.09. The first kappa shape index (κ1) is 31.9. The van der Waals surface area contributed by atoms with Gasteiger partial charge in [-0.15, -0.1) is 0 Å². The molecule has 44 heavy (non-hydrogen) atoms. The second-order valence-corrected chi connectivity index (χ2v) is 11.4. The highest BCUT2D eigenvalue weighted by Gasteiger charge is 2.46. The molecule has 0 saturated carbocycles. The van der Waals surface area contributed by atoms with Crippen molar-refractivity contribution in [3.63, 3.8) is 0 Å². The molecule has 4 aromatic heterocycles. The number of aliphatic hydroxyl groups is 2. The van der Waals surface area contributed by atoms with Crippen LogP contribution in [0.1, 0.15) is 25.8 Å². The fourth-order valence-corrected chi connectivity index (χ4v) is 6.00. The van der Waals surface area contributed by atoms with E-state index >= 15 is 0 Å². The van der Waals surface area contributed by atoms with Gasteiger partial charge in [-0.1, -0.05) is 6.92 Å². The van der Waals surface area contributed by atoms with E-state index in [1.807, 2.05) is 0 Å². The van der Waals surface area contributed by atoms with Crippen LogP contribution in [-0.4, -0.2) is 96.7 Å². The molecule has 2 aliphatic rings. The summed E-state index contributed by atoms with van der Waals surface area (Å²) in [5.74, 6) is -0.464. The van der Waals surface area contributed by atoms with Gasteiger partial charge in [0.15, 0.2) is 28.9 Å². The summed E-state index contributed by atoms with van der Waals surface area (Å²) in [7, 11) is -5.61. The summed E-state index contributed by atoms with van der Waals surface area (Å²) in [6.07, 6.45) is -1.80. The van der Waals surface area contributed by atoms with Crippen molar-refractivity contribution >= 4 is 50.6 Å². The van der Waals surface area contributed by atoms with Crippen LogP contribution in [-0.2, 0) is 27.7 Å². The molecular formula is C21H28N10O11P2. The molecule has 6 rings (SSSR count). The molecule has 0 aliphatic carbocycles. The Labute approximate surface area is 247 Å². The number of hydrogen-bond acceptors (Lipinski definition) is 16. The highest BCUT2D eigenvalue weighted by atomic mass is 31.2. The molecular weight excluding hydrogens is 630 g/mol. The predicted octanol–water partition coefficient (Wildman–Crippen LogP) is -1.01. The summed E-state index contributed by atoms with van der Waals surface area (Å²) in [5.41, 5.74) is 11.7. The molecule has 6 heterocycles. The van der Waals surface area contributed by atoms with Crippen LogP contribution in [0, 0.1) is 5.92 Å². The molecule has 2 fully saturated rings. The van der Waals surface area contributed by atoms with E-state index in [1.165, 1.54) is 23.5 Å². The zero-order chi connectivity index (χ0) is 31.8. The van der Waals surface area contributed by atoms with E-state index in [0.29, 0.717) is 11.2 Å². The zero-order valence-corrected chi connectivity index (χ0v) is 24.5. The minimum absolute atomic E-state index is 0.00771.